The van der Waals surface area contributed by atoms with Crippen molar-refractivity contribution < 1.29 is 14.4 Å². The third-order valence-corrected chi connectivity index (χ3v) is 10.2. The molecule has 2 aromatic rings. The molecule has 0 saturated carbocycles. The minimum absolute atomic E-state index is 0.0516. The van der Waals surface area contributed by atoms with Crippen LogP contribution in [0.3, 0.4) is 0 Å². The average molecular weight is 655 g/mol. The second kappa shape index (κ2) is 14.6. The fourth-order valence-corrected chi connectivity index (χ4v) is 7.19. The zero-order valence-corrected chi connectivity index (χ0v) is 27.4. The van der Waals surface area contributed by atoms with E-state index in [-0.39, 0.29) is 24.4 Å². The Balaban J connectivity index is 0.000000507. The number of hydrogen-bond acceptors (Lipinski definition) is 6. The van der Waals surface area contributed by atoms with E-state index >= 15 is 0 Å². The molecule has 3 fully saturated rings. The average Bonchev–Trinajstić information content (AvgIpc) is 3.32. The molecule has 2 aromatic carbocycles. The van der Waals surface area contributed by atoms with Crippen LogP contribution in [0.4, 0.5) is 0 Å². The van der Waals surface area contributed by atoms with E-state index in [1.54, 1.807) is 34.1 Å². The maximum atomic E-state index is 13.6. The monoisotopic (exact) mass is 653 g/mol. The van der Waals surface area contributed by atoms with Gasteiger partial charge in [0.1, 0.15) is 18.2 Å². The highest BCUT2D eigenvalue weighted by Crippen LogP contribution is 2.38. The number of halogens is 3. The Bertz CT molecular complexity index is 1260. The lowest BCUT2D eigenvalue weighted by Gasteiger charge is -2.54. The molecule has 5 rings (SSSR count). The van der Waals surface area contributed by atoms with E-state index in [9.17, 15) is 14.4 Å². The molecule has 228 valence electrons. The van der Waals surface area contributed by atoms with Crippen molar-refractivity contribution in [1.29, 1.82) is 0 Å². The smallest absolute Gasteiger partial charge is 0.248 e. The Hall–Kier alpha value is -2.01. The number of carbonyl (C=O) groups excluding carboxylic acids is 3. The molecular weight excluding hydrogens is 617 g/mol. The van der Waals surface area contributed by atoms with Gasteiger partial charge in [0.25, 0.3) is 0 Å². The van der Waals surface area contributed by atoms with E-state index in [0.717, 1.165) is 16.5 Å². The quantitative estimate of drug-likeness (QED) is 0.327. The molecule has 0 radical (unpaired) electrons. The first-order chi connectivity index (χ1) is 20.0. The molecule has 8 nitrogen and oxygen atoms in total. The highest BCUT2D eigenvalue weighted by atomic mass is 35.5. The minimum atomic E-state index is -0.798. The van der Waals surface area contributed by atoms with Crippen molar-refractivity contribution in [1.82, 2.24) is 24.3 Å². The van der Waals surface area contributed by atoms with E-state index in [0.29, 0.717) is 34.4 Å². The van der Waals surface area contributed by atoms with Crippen molar-refractivity contribution in [3.63, 3.8) is 0 Å². The van der Waals surface area contributed by atoms with Gasteiger partial charge in [-0.05, 0) is 95.0 Å². The second-order valence-corrected chi connectivity index (χ2v) is 13.6. The summed E-state index contributed by atoms with van der Waals surface area (Å²) in [6, 6.07) is 11.7. The molecule has 4 atom stereocenters. The van der Waals surface area contributed by atoms with Gasteiger partial charge in [-0.3, -0.25) is 14.4 Å². The van der Waals surface area contributed by atoms with Crippen molar-refractivity contribution in [2.24, 2.45) is 0 Å². The minimum Gasteiger partial charge on any atom is -0.346 e. The highest BCUT2D eigenvalue weighted by Gasteiger charge is 2.51. The number of piperazine rings is 1. The number of rotatable bonds is 7. The van der Waals surface area contributed by atoms with Crippen LogP contribution in [0.2, 0.25) is 15.1 Å². The summed E-state index contributed by atoms with van der Waals surface area (Å²) in [6.07, 6.45) is 3.23. The first kappa shape index (κ1) is 32.9. The third kappa shape index (κ3) is 7.73. The zero-order chi connectivity index (χ0) is 30.6. The Morgan fingerprint density at radius 3 is 2.26 bits per heavy atom. The van der Waals surface area contributed by atoms with E-state index < -0.39 is 18.2 Å². The predicted molar refractivity (Wildman–Crippen MR) is 170 cm³/mol. The van der Waals surface area contributed by atoms with Gasteiger partial charge in [0.2, 0.25) is 18.2 Å². The molecule has 4 unspecified atom stereocenters. The Kier molecular flexibility index (Phi) is 11.5. The molecule has 3 aliphatic rings. The van der Waals surface area contributed by atoms with Gasteiger partial charge in [0.15, 0.2) is 0 Å². The van der Waals surface area contributed by atoms with Crippen LogP contribution in [0.1, 0.15) is 39.2 Å². The number of carbonyl (C=O) groups is 3. The van der Waals surface area contributed by atoms with E-state index in [2.05, 4.69) is 24.2 Å². The summed E-state index contributed by atoms with van der Waals surface area (Å²) in [4.78, 5) is 45.1. The Morgan fingerprint density at radius 1 is 1.02 bits per heavy atom. The van der Waals surface area contributed by atoms with Crippen molar-refractivity contribution >= 4 is 65.0 Å². The van der Waals surface area contributed by atoms with Crippen LogP contribution < -0.4 is 5.32 Å². The number of benzene rings is 2. The van der Waals surface area contributed by atoms with Crippen LogP contribution >= 0.6 is 46.8 Å². The van der Waals surface area contributed by atoms with Crippen molar-refractivity contribution in [3.8, 4) is 0 Å². The number of amides is 3. The zero-order valence-electron chi connectivity index (χ0n) is 24.3. The molecule has 3 amide bonds. The second-order valence-electron chi connectivity index (χ2n) is 11.2. The lowest BCUT2D eigenvalue weighted by molar-refractivity contribution is -0.168. The van der Waals surface area contributed by atoms with Gasteiger partial charge in [-0.25, -0.2) is 4.31 Å². The molecule has 1 N–H and O–H groups in total. The van der Waals surface area contributed by atoms with Gasteiger partial charge in [-0.15, -0.1) is 0 Å². The van der Waals surface area contributed by atoms with Gasteiger partial charge in [0.05, 0.1) is 11.6 Å². The molecule has 0 aromatic heterocycles. The Labute approximate surface area is 267 Å². The molecule has 42 heavy (non-hydrogen) atoms. The van der Waals surface area contributed by atoms with E-state index in [1.165, 1.54) is 31.3 Å². The standard InChI is InChI=1S/C24H25Cl3N4O3S.C6H13N/c1-14(2)29-12-22-30(35-21-8-7-17(26)10-18(21)27)11-19(28-13-32)23(33)31(22)20(24(29)34)9-15-3-5-16(25)6-4-15;1-6-4-3-5-7(6)2/h3-8,10,13-14,19-20,22H,9,11-12H2,1-2H3,(H,28,32);6H,3-5H2,1-2H3. The topological polar surface area (TPSA) is 76.2 Å². The van der Waals surface area contributed by atoms with Gasteiger partial charge >= 0.3 is 0 Å². The molecule has 0 spiro atoms. The van der Waals surface area contributed by atoms with Crippen LogP contribution in [-0.4, -0.2) is 94.2 Å². The first-order valence-electron chi connectivity index (χ1n) is 14.2. The largest absolute Gasteiger partial charge is 0.346 e. The van der Waals surface area contributed by atoms with Crippen molar-refractivity contribution in [2.45, 2.75) is 75.3 Å². The van der Waals surface area contributed by atoms with Gasteiger partial charge in [0, 0.05) is 40.0 Å². The highest BCUT2D eigenvalue weighted by molar-refractivity contribution is 7.97. The summed E-state index contributed by atoms with van der Waals surface area (Å²) in [5.74, 6) is -0.405. The SMILES string of the molecule is CC(C)N1CC2N(Sc3ccc(Cl)cc3Cl)CC(NC=O)C(=O)N2C(Cc2ccc(Cl)cc2)C1=O.CC1CCCN1C. The van der Waals surface area contributed by atoms with Crippen LogP contribution in [0.15, 0.2) is 47.4 Å². The summed E-state index contributed by atoms with van der Waals surface area (Å²) in [7, 11) is 2.19. The lowest BCUT2D eigenvalue weighted by atomic mass is 9.96. The summed E-state index contributed by atoms with van der Waals surface area (Å²) in [5.41, 5.74) is 0.885. The lowest BCUT2D eigenvalue weighted by Crippen LogP contribution is -2.74. The predicted octanol–water partition coefficient (Wildman–Crippen LogP) is 5.20. The van der Waals surface area contributed by atoms with Crippen LogP contribution in [0.25, 0.3) is 0 Å². The number of hydrogen-bond donors (Lipinski definition) is 1. The van der Waals surface area contributed by atoms with Gasteiger partial charge in [-0.1, -0.05) is 46.9 Å². The molecule has 0 bridgehead atoms. The Morgan fingerprint density at radius 2 is 1.71 bits per heavy atom. The maximum Gasteiger partial charge on any atom is 0.248 e. The molecule has 3 aliphatic heterocycles. The molecule has 3 saturated heterocycles. The van der Waals surface area contributed by atoms with E-state index in [4.69, 9.17) is 34.8 Å². The number of nitrogens with one attached hydrogen (secondary N) is 1. The molecule has 3 heterocycles. The van der Waals surface area contributed by atoms with Crippen LogP contribution in [0, 0.1) is 0 Å². The van der Waals surface area contributed by atoms with Crippen molar-refractivity contribution in [2.75, 3.05) is 26.7 Å². The molecular formula is C30H38Cl3N5O3S. The van der Waals surface area contributed by atoms with Crippen molar-refractivity contribution in [3.05, 3.63) is 63.1 Å². The third-order valence-electron chi connectivity index (χ3n) is 8.06. The summed E-state index contributed by atoms with van der Waals surface area (Å²) in [6.45, 7) is 8.11. The number of nitrogens with zero attached hydrogens (tertiary/aromatic N) is 4. The fraction of sp³-hybridized carbons (Fsp3) is 0.500. The molecule has 0 aliphatic carbocycles. The van der Waals surface area contributed by atoms with Gasteiger partial charge < -0.3 is 20.0 Å². The summed E-state index contributed by atoms with van der Waals surface area (Å²) < 4.78 is 2.01. The first-order valence-corrected chi connectivity index (χ1v) is 16.1. The summed E-state index contributed by atoms with van der Waals surface area (Å²) in [5, 5.41) is 4.22. The maximum absolute atomic E-state index is 13.6. The van der Waals surface area contributed by atoms with Gasteiger partial charge in [-0.2, -0.15) is 0 Å². The summed E-state index contributed by atoms with van der Waals surface area (Å²) >= 11 is 19.9. The number of likely N-dealkylation sites (tertiary alicyclic amines) is 1. The van der Waals surface area contributed by atoms with E-state index in [1.807, 2.05) is 36.4 Å². The fourth-order valence-electron chi connectivity index (χ4n) is 5.51. The normalized spacial score (nSPS) is 24.9. The van der Waals surface area contributed by atoms with Crippen LogP contribution in [-0.2, 0) is 20.8 Å². The molecule has 12 heteroatoms. The number of fused-ring (bicyclic) bond motifs is 1. The van der Waals surface area contributed by atoms with Crippen LogP contribution in [0.5, 0.6) is 0 Å².